The first kappa shape index (κ1) is 9.63. The first-order valence-electron chi connectivity index (χ1n) is 3.89. The number of nitrogens with zero attached hydrogens (tertiary/aromatic N) is 7. The molecule has 0 aliphatic rings. The standard InChI is InChI=1S/C7H4BrN7/c8-5-1-2-12-15(5)7-6(13-14-9)10-3-4-11-7/h1-4H. The Balaban J connectivity index is 2.62. The lowest BCUT2D eigenvalue weighted by molar-refractivity contribution is 0.821. The number of rotatable bonds is 2. The van der Waals surface area contributed by atoms with Gasteiger partial charge in [-0.3, -0.25) is 0 Å². The van der Waals surface area contributed by atoms with Crippen LogP contribution in [-0.2, 0) is 0 Å². The van der Waals surface area contributed by atoms with Crippen LogP contribution in [0.1, 0.15) is 0 Å². The predicted octanol–water partition coefficient (Wildman–Crippen LogP) is 2.37. The Morgan fingerprint density at radius 2 is 2.13 bits per heavy atom. The van der Waals surface area contributed by atoms with Crippen LogP contribution in [0, 0.1) is 0 Å². The summed E-state index contributed by atoms with van der Waals surface area (Å²) in [7, 11) is 0. The summed E-state index contributed by atoms with van der Waals surface area (Å²) < 4.78 is 2.19. The average molecular weight is 266 g/mol. The van der Waals surface area contributed by atoms with Crippen LogP contribution < -0.4 is 0 Å². The molecule has 0 aliphatic carbocycles. The fourth-order valence-electron chi connectivity index (χ4n) is 1.03. The van der Waals surface area contributed by atoms with Crippen molar-refractivity contribution in [1.82, 2.24) is 19.7 Å². The third-order valence-electron chi connectivity index (χ3n) is 1.60. The number of hydrogen-bond acceptors (Lipinski definition) is 4. The molecule has 0 bridgehead atoms. The van der Waals surface area contributed by atoms with E-state index in [1.807, 2.05) is 0 Å². The van der Waals surface area contributed by atoms with Gasteiger partial charge in [0.1, 0.15) is 4.60 Å². The van der Waals surface area contributed by atoms with E-state index in [9.17, 15) is 0 Å². The van der Waals surface area contributed by atoms with Gasteiger partial charge in [-0.1, -0.05) is 0 Å². The molecule has 0 N–H and O–H groups in total. The molecule has 7 nitrogen and oxygen atoms in total. The molecule has 2 heterocycles. The van der Waals surface area contributed by atoms with Crippen molar-refractivity contribution in [3.8, 4) is 5.82 Å². The van der Waals surface area contributed by atoms with Crippen molar-refractivity contribution in [2.75, 3.05) is 0 Å². The molecule has 0 aromatic carbocycles. The van der Waals surface area contributed by atoms with Crippen LogP contribution in [-0.4, -0.2) is 19.7 Å². The third kappa shape index (κ3) is 1.80. The molecule has 0 spiro atoms. The van der Waals surface area contributed by atoms with Gasteiger partial charge in [0.15, 0.2) is 11.6 Å². The first-order chi connectivity index (χ1) is 7.33. The lowest BCUT2D eigenvalue weighted by Gasteiger charge is -2.03. The van der Waals surface area contributed by atoms with Crippen LogP contribution in [0.25, 0.3) is 16.3 Å². The zero-order valence-corrected chi connectivity index (χ0v) is 8.90. The summed E-state index contributed by atoms with van der Waals surface area (Å²) in [6, 6.07) is 1.74. The number of halogens is 1. The first-order valence-corrected chi connectivity index (χ1v) is 4.68. The summed E-state index contributed by atoms with van der Waals surface area (Å²) >= 11 is 3.29. The second kappa shape index (κ2) is 4.07. The monoisotopic (exact) mass is 265 g/mol. The molecule has 0 radical (unpaired) electrons. The maximum atomic E-state index is 8.36. The summed E-state index contributed by atoms with van der Waals surface area (Å²) in [4.78, 5) is 10.6. The molecule has 0 saturated heterocycles. The minimum absolute atomic E-state index is 0.185. The van der Waals surface area contributed by atoms with E-state index in [0.717, 1.165) is 0 Å². The van der Waals surface area contributed by atoms with Crippen molar-refractivity contribution in [2.24, 2.45) is 5.11 Å². The summed E-state index contributed by atoms with van der Waals surface area (Å²) in [5.74, 6) is 0.566. The van der Waals surface area contributed by atoms with Gasteiger partial charge in [0.05, 0.1) is 6.20 Å². The fraction of sp³-hybridized carbons (Fsp3) is 0. The van der Waals surface area contributed by atoms with Gasteiger partial charge in [-0.05, 0) is 32.6 Å². The molecule has 0 amide bonds. The van der Waals surface area contributed by atoms with Crippen LogP contribution in [0.3, 0.4) is 0 Å². The average Bonchev–Trinajstić information content (AvgIpc) is 2.66. The van der Waals surface area contributed by atoms with Gasteiger partial charge in [-0.15, -0.1) is 0 Å². The van der Waals surface area contributed by atoms with Crippen molar-refractivity contribution in [1.29, 1.82) is 0 Å². The highest BCUT2D eigenvalue weighted by molar-refractivity contribution is 9.10. The second-order valence-corrected chi connectivity index (χ2v) is 3.27. The van der Waals surface area contributed by atoms with E-state index in [1.165, 1.54) is 17.1 Å². The molecule has 2 aromatic rings. The molecule has 0 saturated carbocycles. The van der Waals surface area contributed by atoms with Gasteiger partial charge in [0.25, 0.3) is 0 Å². The van der Waals surface area contributed by atoms with E-state index >= 15 is 0 Å². The SMILES string of the molecule is [N-]=[N+]=Nc1nccnc1-n1nccc1Br. The normalized spacial score (nSPS) is 9.67. The zero-order chi connectivity index (χ0) is 10.7. The summed E-state index contributed by atoms with van der Waals surface area (Å²) in [6.45, 7) is 0. The van der Waals surface area contributed by atoms with Crippen molar-refractivity contribution >= 4 is 21.7 Å². The Bertz CT molecular complexity index is 528. The highest BCUT2D eigenvalue weighted by Gasteiger charge is 2.08. The quantitative estimate of drug-likeness (QED) is 0.474. The van der Waals surface area contributed by atoms with Gasteiger partial charge in [-0.2, -0.15) is 5.10 Å². The Labute approximate surface area is 92.5 Å². The van der Waals surface area contributed by atoms with Crippen LogP contribution >= 0.6 is 15.9 Å². The van der Waals surface area contributed by atoms with Crippen LogP contribution in [0.4, 0.5) is 5.82 Å². The minimum Gasteiger partial charge on any atom is -0.249 e. The molecule has 0 fully saturated rings. The third-order valence-corrected chi connectivity index (χ3v) is 2.20. The Morgan fingerprint density at radius 1 is 1.33 bits per heavy atom. The van der Waals surface area contributed by atoms with Gasteiger partial charge < -0.3 is 0 Å². The smallest absolute Gasteiger partial charge is 0.183 e. The highest BCUT2D eigenvalue weighted by Crippen LogP contribution is 2.20. The van der Waals surface area contributed by atoms with E-state index in [1.54, 1.807) is 12.3 Å². The number of hydrogen-bond donors (Lipinski definition) is 0. The maximum Gasteiger partial charge on any atom is 0.183 e. The lowest BCUT2D eigenvalue weighted by atomic mass is 10.6. The predicted molar refractivity (Wildman–Crippen MR) is 55.7 cm³/mol. The number of azide groups is 1. The van der Waals surface area contributed by atoms with Crippen molar-refractivity contribution in [3.63, 3.8) is 0 Å². The van der Waals surface area contributed by atoms with Crippen LogP contribution in [0.5, 0.6) is 0 Å². The fourth-order valence-corrected chi connectivity index (χ4v) is 1.41. The molecule has 2 aromatic heterocycles. The van der Waals surface area contributed by atoms with Gasteiger partial charge in [0, 0.05) is 17.3 Å². The van der Waals surface area contributed by atoms with E-state index in [-0.39, 0.29) is 5.82 Å². The van der Waals surface area contributed by atoms with Crippen LogP contribution in [0.2, 0.25) is 0 Å². The van der Waals surface area contributed by atoms with Crippen molar-refractivity contribution in [2.45, 2.75) is 0 Å². The van der Waals surface area contributed by atoms with Gasteiger partial charge >= 0.3 is 0 Å². The van der Waals surface area contributed by atoms with Gasteiger partial charge in [0.2, 0.25) is 0 Å². The maximum absolute atomic E-state index is 8.36. The second-order valence-electron chi connectivity index (χ2n) is 2.46. The molecule has 0 unspecified atom stereocenters. The van der Waals surface area contributed by atoms with E-state index < -0.39 is 0 Å². The van der Waals surface area contributed by atoms with Crippen molar-refractivity contribution < 1.29 is 0 Å². The molecule has 2 rings (SSSR count). The topological polar surface area (TPSA) is 92.4 Å². The molecule has 74 valence electrons. The summed E-state index contributed by atoms with van der Waals surface area (Å²) in [5.41, 5.74) is 8.36. The molecule has 0 aliphatic heterocycles. The number of aromatic nitrogens is 4. The summed E-state index contributed by atoms with van der Waals surface area (Å²) in [6.07, 6.45) is 4.55. The largest absolute Gasteiger partial charge is 0.249 e. The van der Waals surface area contributed by atoms with E-state index in [2.05, 4.69) is 41.0 Å². The highest BCUT2D eigenvalue weighted by atomic mass is 79.9. The Hall–Kier alpha value is -1.92. The van der Waals surface area contributed by atoms with E-state index in [4.69, 9.17) is 5.53 Å². The molecular weight excluding hydrogens is 262 g/mol. The Kier molecular flexibility index (Phi) is 2.61. The molecule has 15 heavy (non-hydrogen) atoms. The lowest BCUT2D eigenvalue weighted by Crippen LogP contribution is -2.00. The molecule has 0 atom stereocenters. The molecule has 8 heteroatoms. The van der Waals surface area contributed by atoms with Crippen LogP contribution in [0.15, 0.2) is 34.4 Å². The molecular formula is C7H4BrN7. The zero-order valence-electron chi connectivity index (χ0n) is 7.32. The van der Waals surface area contributed by atoms with Gasteiger partial charge in [-0.25, -0.2) is 14.6 Å². The Morgan fingerprint density at radius 3 is 2.80 bits per heavy atom. The summed E-state index contributed by atoms with van der Waals surface area (Å²) in [5, 5.41) is 7.44. The minimum atomic E-state index is 0.185. The van der Waals surface area contributed by atoms with Crippen molar-refractivity contribution in [3.05, 3.63) is 39.7 Å². The van der Waals surface area contributed by atoms with E-state index in [0.29, 0.717) is 10.4 Å².